The number of thioether (sulfide) groups is 1. The van der Waals surface area contributed by atoms with E-state index in [-0.39, 0.29) is 16.7 Å². The van der Waals surface area contributed by atoms with Gasteiger partial charge in [-0.2, -0.15) is 0 Å². The van der Waals surface area contributed by atoms with Crippen LogP contribution in [0.1, 0.15) is 28.8 Å². The largest absolute Gasteiger partial charge is 0.355 e. The predicted octanol–water partition coefficient (Wildman–Crippen LogP) is 4.24. The first kappa shape index (κ1) is 20.9. The number of fused-ring (bicyclic) bond motifs is 1. The molecule has 1 amide bonds. The first-order chi connectivity index (χ1) is 13.3. The van der Waals surface area contributed by atoms with Gasteiger partial charge in [0.05, 0.1) is 16.4 Å². The summed E-state index contributed by atoms with van der Waals surface area (Å²) in [6, 6.07) is 7.61. The van der Waals surface area contributed by atoms with Crippen molar-refractivity contribution in [3.05, 3.63) is 61.5 Å². The number of carbonyl (C=O) groups excluding carboxylic acids is 1. The van der Waals surface area contributed by atoms with Crippen molar-refractivity contribution in [2.24, 2.45) is 0 Å². The molecule has 0 spiro atoms. The van der Waals surface area contributed by atoms with Crippen molar-refractivity contribution in [3.8, 4) is 0 Å². The average Bonchev–Trinajstić information content (AvgIpc) is 2.95. The molecule has 2 aromatic heterocycles. The fraction of sp³-hybridized carbons (Fsp3) is 0.350. The summed E-state index contributed by atoms with van der Waals surface area (Å²) in [6.45, 7) is 6.36. The molecule has 1 unspecified atom stereocenters. The molecule has 3 aromatic rings. The van der Waals surface area contributed by atoms with Crippen LogP contribution in [-0.4, -0.2) is 27.7 Å². The Balaban J connectivity index is 1.52. The molecule has 148 valence electrons. The van der Waals surface area contributed by atoms with Gasteiger partial charge in [-0.3, -0.25) is 9.59 Å². The number of aromatic amines is 1. The number of nitrogens with zero attached hydrogens (tertiary/aromatic N) is 1. The van der Waals surface area contributed by atoms with Crippen LogP contribution in [0.2, 0.25) is 5.02 Å². The van der Waals surface area contributed by atoms with Gasteiger partial charge in [0.25, 0.3) is 5.56 Å². The van der Waals surface area contributed by atoms with Crippen LogP contribution in [0, 0.1) is 13.8 Å². The number of aryl methyl sites for hydroxylation is 2. The number of thiophene rings is 1. The minimum Gasteiger partial charge on any atom is -0.355 e. The van der Waals surface area contributed by atoms with Gasteiger partial charge < -0.3 is 10.3 Å². The van der Waals surface area contributed by atoms with Gasteiger partial charge in [0.15, 0.2) is 0 Å². The molecule has 0 bridgehead atoms. The molecule has 5 nitrogen and oxygen atoms in total. The molecule has 8 heteroatoms. The van der Waals surface area contributed by atoms with Gasteiger partial charge in [-0.25, -0.2) is 4.98 Å². The minimum absolute atomic E-state index is 0.0230. The summed E-state index contributed by atoms with van der Waals surface area (Å²) in [5.41, 5.74) is 2.01. The Labute approximate surface area is 176 Å². The van der Waals surface area contributed by atoms with Gasteiger partial charge in [0, 0.05) is 16.4 Å². The number of benzene rings is 1. The molecule has 0 fully saturated rings. The monoisotopic (exact) mass is 435 g/mol. The molecule has 0 saturated heterocycles. The van der Waals surface area contributed by atoms with Crippen LogP contribution in [-0.2, 0) is 17.0 Å². The number of hydrogen-bond donors (Lipinski definition) is 2. The molecule has 0 aliphatic heterocycles. The van der Waals surface area contributed by atoms with Crippen molar-refractivity contribution in [2.45, 2.75) is 38.2 Å². The number of rotatable bonds is 7. The van der Waals surface area contributed by atoms with Crippen LogP contribution in [0.3, 0.4) is 0 Å². The summed E-state index contributed by atoms with van der Waals surface area (Å²) in [6.07, 6.45) is 0.753. The van der Waals surface area contributed by atoms with E-state index in [1.807, 2.05) is 45.0 Å². The zero-order valence-corrected chi connectivity index (χ0v) is 18.4. The third-order valence-corrected chi connectivity index (χ3v) is 7.06. The van der Waals surface area contributed by atoms with Gasteiger partial charge in [0.1, 0.15) is 10.7 Å². The zero-order valence-electron chi connectivity index (χ0n) is 16.0. The SMILES string of the molecule is Cc1sc2nc(CSC(C)C(=O)NCCc3ccc(Cl)cc3)[nH]c(=O)c2c1C. The van der Waals surface area contributed by atoms with Gasteiger partial charge in [0.2, 0.25) is 5.91 Å². The fourth-order valence-electron chi connectivity index (χ4n) is 2.77. The number of carbonyl (C=O) groups is 1. The van der Waals surface area contributed by atoms with Crippen LogP contribution in [0.15, 0.2) is 29.1 Å². The van der Waals surface area contributed by atoms with Gasteiger partial charge in [-0.15, -0.1) is 23.1 Å². The molecular formula is C20H22ClN3O2S2. The predicted molar refractivity (Wildman–Crippen MR) is 119 cm³/mol. The summed E-state index contributed by atoms with van der Waals surface area (Å²) in [7, 11) is 0. The number of aromatic nitrogens is 2. The Morgan fingerprint density at radius 2 is 2.04 bits per heavy atom. The topological polar surface area (TPSA) is 74.8 Å². The van der Waals surface area contributed by atoms with Crippen LogP contribution in [0.25, 0.3) is 10.2 Å². The summed E-state index contributed by atoms with van der Waals surface area (Å²) < 4.78 is 0. The highest BCUT2D eigenvalue weighted by Gasteiger charge is 2.16. The van der Waals surface area contributed by atoms with Gasteiger partial charge >= 0.3 is 0 Å². The molecule has 0 saturated carbocycles. The fourth-order valence-corrected chi connectivity index (χ4v) is 4.73. The molecule has 2 N–H and O–H groups in total. The Morgan fingerprint density at radius 3 is 2.75 bits per heavy atom. The Kier molecular flexibility index (Phi) is 6.80. The lowest BCUT2D eigenvalue weighted by Gasteiger charge is -2.12. The lowest BCUT2D eigenvalue weighted by molar-refractivity contribution is -0.120. The number of halogens is 1. The molecule has 0 aliphatic carbocycles. The van der Waals surface area contributed by atoms with Crippen molar-refractivity contribution in [1.29, 1.82) is 0 Å². The van der Waals surface area contributed by atoms with E-state index in [1.165, 1.54) is 23.1 Å². The Hall–Kier alpha value is -1.83. The van der Waals surface area contributed by atoms with Crippen molar-refractivity contribution in [1.82, 2.24) is 15.3 Å². The van der Waals surface area contributed by atoms with Gasteiger partial charge in [-0.1, -0.05) is 23.7 Å². The maximum absolute atomic E-state index is 12.3. The number of hydrogen-bond acceptors (Lipinski definition) is 5. The third kappa shape index (κ3) is 4.96. The molecule has 0 radical (unpaired) electrons. The first-order valence-electron chi connectivity index (χ1n) is 8.98. The smallest absolute Gasteiger partial charge is 0.259 e. The zero-order chi connectivity index (χ0) is 20.3. The Bertz CT molecular complexity index is 1040. The standard InChI is InChI=1S/C20H22ClN3O2S2/c1-11-12(2)28-20-17(11)19(26)23-16(24-20)10-27-13(3)18(25)22-9-8-14-4-6-15(21)7-5-14/h4-7,13H,8-10H2,1-3H3,(H,22,25)(H,23,24,26). The van der Waals surface area contributed by atoms with Crippen LogP contribution in [0.4, 0.5) is 0 Å². The van der Waals surface area contributed by atoms with Gasteiger partial charge in [-0.05, 0) is 50.5 Å². The molecule has 0 aliphatic rings. The molecule has 1 aromatic carbocycles. The molecule has 1 atom stereocenters. The molecule has 2 heterocycles. The van der Waals surface area contributed by atoms with E-state index >= 15 is 0 Å². The van der Waals surface area contributed by atoms with Crippen molar-refractivity contribution >= 4 is 50.8 Å². The van der Waals surface area contributed by atoms with Crippen molar-refractivity contribution in [2.75, 3.05) is 6.54 Å². The molecule has 3 rings (SSSR count). The summed E-state index contributed by atoms with van der Waals surface area (Å²) in [5, 5.41) is 4.09. The summed E-state index contributed by atoms with van der Waals surface area (Å²) in [4.78, 5) is 33.9. The summed E-state index contributed by atoms with van der Waals surface area (Å²) >= 11 is 8.86. The third-order valence-electron chi connectivity index (χ3n) is 4.55. The van der Waals surface area contributed by atoms with Crippen LogP contribution in [0.5, 0.6) is 0 Å². The maximum Gasteiger partial charge on any atom is 0.259 e. The molecule has 28 heavy (non-hydrogen) atoms. The first-order valence-corrected chi connectivity index (χ1v) is 11.2. The lowest BCUT2D eigenvalue weighted by Crippen LogP contribution is -2.32. The van der Waals surface area contributed by atoms with Crippen molar-refractivity contribution < 1.29 is 4.79 Å². The van der Waals surface area contributed by atoms with E-state index in [4.69, 9.17) is 11.6 Å². The lowest BCUT2D eigenvalue weighted by atomic mass is 10.1. The number of amides is 1. The highest BCUT2D eigenvalue weighted by molar-refractivity contribution is 7.99. The maximum atomic E-state index is 12.3. The molecular weight excluding hydrogens is 414 g/mol. The number of H-pyrrole nitrogens is 1. The van der Waals surface area contributed by atoms with E-state index < -0.39 is 0 Å². The van der Waals surface area contributed by atoms with E-state index in [9.17, 15) is 9.59 Å². The average molecular weight is 436 g/mol. The summed E-state index contributed by atoms with van der Waals surface area (Å²) in [5.74, 6) is 1.06. The van der Waals surface area contributed by atoms with E-state index in [0.29, 0.717) is 28.5 Å². The quantitative estimate of drug-likeness (QED) is 0.582. The van der Waals surface area contributed by atoms with Crippen LogP contribution >= 0.6 is 34.7 Å². The second-order valence-electron chi connectivity index (χ2n) is 6.60. The van der Waals surface area contributed by atoms with Crippen molar-refractivity contribution in [3.63, 3.8) is 0 Å². The van der Waals surface area contributed by atoms with Crippen LogP contribution < -0.4 is 10.9 Å². The number of nitrogens with one attached hydrogen (secondary N) is 2. The van der Waals surface area contributed by atoms with E-state index in [2.05, 4.69) is 15.3 Å². The normalized spacial score (nSPS) is 12.3. The second kappa shape index (κ2) is 9.11. The van der Waals surface area contributed by atoms with E-state index in [1.54, 1.807) is 0 Å². The van der Waals surface area contributed by atoms with E-state index in [0.717, 1.165) is 27.3 Å². The highest BCUT2D eigenvalue weighted by atomic mass is 35.5. The minimum atomic E-state index is -0.238. The highest BCUT2D eigenvalue weighted by Crippen LogP contribution is 2.26. The second-order valence-corrected chi connectivity index (χ2v) is 9.57. The Morgan fingerprint density at radius 1 is 1.32 bits per heavy atom.